The minimum atomic E-state index is 0.428. The van der Waals surface area contributed by atoms with E-state index in [0.717, 1.165) is 34.0 Å². The second-order valence-electron chi connectivity index (χ2n) is 5.81. The first-order chi connectivity index (χ1) is 9.92. The van der Waals surface area contributed by atoms with E-state index in [-0.39, 0.29) is 0 Å². The molecule has 2 rings (SSSR count). The number of nitrogens with two attached hydrogens (primary N) is 1. The molecular formula is C18H24N2O. The van der Waals surface area contributed by atoms with Crippen molar-refractivity contribution in [2.24, 2.45) is 5.73 Å². The van der Waals surface area contributed by atoms with E-state index >= 15 is 0 Å². The van der Waals surface area contributed by atoms with E-state index in [0.29, 0.717) is 12.5 Å². The van der Waals surface area contributed by atoms with Gasteiger partial charge in [0.05, 0.1) is 0 Å². The smallest absolute Gasteiger partial charge is 0.135 e. The van der Waals surface area contributed by atoms with Gasteiger partial charge in [-0.05, 0) is 43.9 Å². The molecule has 0 saturated carbocycles. The molecule has 0 radical (unpaired) electrons. The van der Waals surface area contributed by atoms with Gasteiger partial charge < -0.3 is 10.5 Å². The lowest BCUT2D eigenvalue weighted by atomic mass is 10.0. The Labute approximate surface area is 127 Å². The number of nitrogens with zero attached hydrogens (tertiary/aromatic N) is 1. The molecule has 3 heteroatoms. The molecule has 0 unspecified atom stereocenters. The predicted molar refractivity (Wildman–Crippen MR) is 86.9 cm³/mol. The van der Waals surface area contributed by atoms with Gasteiger partial charge in [-0.2, -0.15) is 0 Å². The van der Waals surface area contributed by atoms with Crippen molar-refractivity contribution in [2.75, 3.05) is 0 Å². The number of aromatic nitrogens is 1. The summed E-state index contributed by atoms with van der Waals surface area (Å²) >= 11 is 0. The molecule has 21 heavy (non-hydrogen) atoms. The Morgan fingerprint density at radius 2 is 1.81 bits per heavy atom. The molecule has 0 saturated heterocycles. The molecule has 1 heterocycles. The Kier molecular flexibility index (Phi) is 4.63. The molecule has 1 aromatic heterocycles. The maximum absolute atomic E-state index is 6.16. The monoisotopic (exact) mass is 284 g/mol. The summed E-state index contributed by atoms with van der Waals surface area (Å²) in [5.41, 5.74) is 11.1. The summed E-state index contributed by atoms with van der Waals surface area (Å²) in [5, 5.41) is 0. The van der Waals surface area contributed by atoms with Crippen LogP contribution in [0.1, 0.15) is 47.8 Å². The number of benzene rings is 1. The van der Waals surface area contributed by atoms with Gasteiger partial charge in [0.25, 0.3) is 0 Å². The summed E-state index contributed by atoms with van der Waals surface area (Å²) < 4.78 is 6.16. The van der Waals surface area contributed by atoms with E-state index in [1.807, 2.05) is 19.9 Å². The quantitative estimate of drug-likeness (QED) is 0.906. The molecule has 0 bridgehead atoms. The van der Waals surface area contributed by atoms with Gasteiger partial charge >= 0.3 is 0 Å². The minimum absolute atomic E-state index is 0.428. The van der Waals surface area contributed by atoms with Gasteiger partial charge in [0.2, 0.25) is 0 Å². The van der Waals surface area contributed by atoms with Crippen molar-refractivity contribution >= 4 is 0 Å². The second-order valence-corrected chi connectivity index (χ2v) is 5.81. The third-order valence-corrected chi connectivity index (χ3v) is 3.72. The lowest BCUT2D eigenvalue weighted by Crippen LogP contribution is -2.05. The molecule has 0 fully saturated rings. The van der Waals surface area contributed by atoms with Gasteiger partial charge in [0.1, 0.15) is 11.5 Å². The number of pyridine rings is 1. The summed E-state index contributed by atoms with van der Waals surface area (Å²) in [6.07, 6.45) is 0. The normalized spacial score (nSPS) is 11.0. The van der Waals surface area contributed by atoms with Crippen LogP contribution in [0.3, 0.4) is 0 Å². The van der Waals surface area contributed by atoms with Crippen molar-refractivity contribution in [1.82, 2.24) is 4.98 Å². The van der Waals surface area contributed by atoms with Crippen LogP contribution in [0.4, 0.5) is 0 Å². The fourth-order valence-corrected chi connectivity index (χ4v) is 2.36. The molecule has 0 amide bonds. The molecule has 0 aliphatic carbocycles. The van der Waals surface area contributed by atoms with E-state index in [2.05, 4.69) is 44.0 Å². The van der Waals surface area contributed by atoms with Crippen LogP contribution < -0.4 is 10.5 Å². The van der Waals surface area contributed by atoms with Crippen LogP contribution in [0, 0.1) is 20.8 Å². The Morgan fingerprint density at radius 3 is 2.43 bits per heavy atom. The van der Waals surface area contributed by atoms with Crippen molar-refractivity contribution in [3.8, 4) is 11.5 Å². The SMILES string of the molecule is Cc1cc(Oc2cc(C(C)C)ccc2C)c(CN)c(C)n1. The highest BCUT2D eigenvalue weighted by Gasteiger charge is 2.12. The second kappa shape index (κ2) is 6.27. The molecule has 0 aliphatic heterocycles. The van der Waals surface area contributed by atoms with E-state index in [1.54, 1.807) is 0 Å². The summed E-state index contributed by atoms with van der Waals surface area (Å²) in [5.74, 6) is 2.18. The van der Waals surface area contributed by atoms with E-state index in [4.69, 9.17) is 10.5 Å². The largest absolute Gasteiger partial charge is 0.457 e. The molecule has 0 atom stereocenters. The number of hydrogen-bond donors (Lipinski definition) is 1. The van der Waals surface area contributed by atoms with Gasteiger partial charge in [0.15, 0.2) is 0 Å². The maximum Gasteiger partial charge on any atom is 0.135 e. The fourth-order valence-electron chi connectivity index (χ4n) is 2.36. The molecular weight excluding hydrogens is 260 g/mol. The number of rotatable bonds is 4. The van der Waals surface area contributed by atoms with E-state index in [1.165, 1.54) is 5.56 Å². The van der Waals surface area contributed by atoms with Crippen molar-refractivity contribution in [1.29, 1.82) is 0 Å². The highest BCUT2D eigenvalue weighted by Crippen LogP contribution is 2.31. The zero-order valence-electron chi connectivity index (χ0n) is 13.5. The highest BCUT2D eigenvalue weighted by atomic mass is 16.5. The molecule has 0 aliphatic rings. The average Bonchev–Trinajstić information content (AvgIpc) is 2.40. The van der Waals surface area contributed by atoms with Crippen molar-refractivity contribution in [2.45, 2.75) is 47.1 Å². The fraction of sp³-hybridized carbons (Fsp3) is 0.389. The molecule has 0 spiro atoms. The summed E-state index contributed by atoms with van der Waals surface area (Å²) in [6, 6.07) is 8.33. The first kappa shape index (κ1) is 15.5. The zero-order valence-corrected chi connectivity index (χ0v) is 13.5. The summed E-state index contributed by atoms with van der Waals surface area (Å²) in [7, 11) is 0. The lowest BCUT2D eigenvalue weighted by molar-refractivity contribution is 0.469. The zero-order chi connectivity index (χ0) is 15.6. The number of ether oxygens (including phenoxy) is 1. The predicted octanol–water partition coefficient (Wildman–Crippen LogP) is 4.38. The Balaban J connectivity index is 2.45. The first-order valence-electron chi connectivity index (χ1n) is 7.38. The van der Waals surface area contributed by atoms with Crippen LogP contribution in [0.25, 0.3) is 0 Å². The number of aryl methyl sites for hydroxylation is 3. The Morgan fingerprint density at radius 1 is 1.10 bits per heavy atom. The maximum atomic E-state index is 6.16. The van der Waals surface area contributed by atoms with Gasteiger partial charge in [-0.3, -0.25) is 4.98 Å². The Bertz CT molecular complexity index is 648. The van der Waals surface area contributed by atoms with Crippen molar-refractivity contribution in [3.05, 3.63) is 52.3 Å². The topological polar surface area (TPSA) is 48.1 Å². The van der Waals surface area contributed by atoms with Gasteiger partial charge in [0, 0.05) is 29.6 Å². The molecule has 112 valence electrons. The van der Waals surface area contributed by atoms with Crippen LogP contribution in [-0.2, 0) is 6.54 Å². The highest BCUT2D eigenvalue weighted by molar-refractivity contribution is 5.45. The van der Waals surface area contributed by atoms with Crippen LogP contribution in [-0.4, -0.2) is 4.98 Å². The number of hydrogen-bond acceptors (Lipinski definition) is 3. The Hall–Kier alpha value is -1.87. The average molecular weight is 284 g/mol. The van der Waals surface area contributed by atoms with Crippen molar-refractivity contribution < 1.29 is 4.74 Å². The van der Waals surface area contributed by atoms with E-state index in [9.17, 15) is 0 Å². The van der Waals surface area contributed by atoms with Crippen molar-refractivity contribution in [3.63, 3.8) is 0 Å². The third-order valence-electron chi connectivity index (χ3n) is 3.72. The standard InChI is InChI=1S/C18H24N2O/c1-11(2)15-7-6-12(3)17(9-15)21-18-8-13(4)20-14(5)16(18)10-19/h6-9,11H,10,19H2,1-5H3. The molecule has 2 aromatic rings. The summed E-state index contributed by atoms with van der Waals surface area (Å²) in [4.78, 5) is 4.45. The van der Waals surface area contributed by atoms with Crippen LogP contribution >= 0.6 is 0 Å². The molecule has 1 aromatic carbocycles. The molecule has 2 N–H and O–H groups in total. The van der Waals surface area contributed by atoms with Crippen LogP contribution in [0.5, 0.6) is 11.5 Å². The van der Waals surface area contributed by atoms with Gasteiger partial charge in [-0.15, -0.1) is 0 Å². The van der Waals surface area contributed by atoms with Gasteiger partial charge in [-0.1, -0.05) is 26.0 Å². The lowest BCUT2D eigenvalue weighted by Gasteiger charge is -2.16. The van der Waals surface area contributed by atoms with Gasteiger partial charge in [-0.25, -0.2) is 0 Å². The molecule has 3 nitrogen and oxygen atoms in total. The van der Waals surface area contributed by atoms with Crippen LogP contribution in [0.2, 0.25) is 0 Å². The van der Waals surface area contributed by atoms with E-state index < -0.39 is 0 Å². The third kappa shape index (κ3) is 3.42. The summed E-state index contributed by atoms with van der Waals surface area (Å²) in [6.45, 7) is 10.8. The van der Waals surface area contributed by atoms with Crippen LogP contribution in [0.15, 0.2) is 24.3 Å². The minimum Gasteiger partial charge on any atom is -0.457 e. The first-order valence-corrected chi connectivity index (χ1v) is 7.38.